The zero-order valence-corrected chi connectivity index (χ0v) is 13.7. The topological polar surface area (TPSA) is 76.1 Å². The smallest absolute Gasteiger partial charge is 0.270 e. The number of nitrogens with zero attached hydrogens (tertiary/aromatic N) is 2. The van der Waals surface area contributed by atoms with Gasteiger partial charge in [0.1, 0.15) is 23.6 Å². The predicted molar refractivity (Wildman–Crippen MR) is 89.6 cm³/mol. The zero-order valence-electron chi connectivity index (χ0n) is 13.7. The Balaban J connectivity index is 1.95. The van der Waals surface area contributed by atoms with Crippen molar-refractivity contribution in [2.75, 3.05) is 12.4 Å². The van der Waals surface area contributed by atoms with Crippen molar-refractivity contribution in [3.63, 3.8) is 0 Å². The van der Waals surface area contributed by atoms with Crippen LogP contribution in [0, 0.1) is 0 Å². The molecule has 2 rings (SSSR count). The Morgan fingerprint density at radius 3 is 2.65 bits per heavy atom. The number of hydrogen-bond donors (Lipinski definition) is 2. The highest BCUT2D eigenvalue weighted by atomic mass is 16.5. The zero-order chi connectivity index (χ0) is 16.7. The van der Waals surface area contributed by atoms with E-state index in [1.165, 1.54) is 6.33 Å². The van der Waals surface area contributed by atoms with Gasteiger partial charge in [0, 0.05) is 18.7 Å². The third-order valence-electron chi connectivity index (χ3n) is 3.52. The summed E-state index contributed by atoms with van der Waals surface area (Å²) in [5.41, 5.74) is 1.34. The number of carbonyl (C=O) groups excluding carboxylic acids is 1. The van der Waals surface area contributed by atoms with Crippen molar-refractivity contribution in [3.05, 3.63) is 47.9 Å². The molecule has 0 radical (unpaired) electrons. The van der Waals surface area contributed by atoms with Crippen LogP contribution in [0.4, 0.5) is 5.82 Å². The molecule has 0 aliphatic carbocycles. The van der Waals surface area contributed by atoms with Gasteiger partial charge in [-0.2, -0.15) is 0 Å². The predicted octanol–water partition coefficient (Wildman–Crippen LogP) is 2.63. The van der Waals surface area contributed by atoms with E-state index in [4.69, 9.17) is 4.74 Å². The van der Waals surface area contributed by atoms with E-state index >= 15 is 0 Å². The summed E-state index contributed by atoms with van der Waals surface area (Å²) >= 11 is 0. The van der Waals surface area contributed by atoms with Crippen molar-refractivity contribution in [1.82, 2.24) is 15.3 Å². The highest BCUT2D eigenvalue weighted by molar-refractivity contribution is 5.92. The summed E-state index contributed by atoms with van der Waals surface area (Å²) in [7, 11) is 1.62. The first-order chi connectivity index (χ1) is 11.1. The van der Waals surface area contributed by atoms with Crippen LogP contribution in [0.1, 0.15) is 36.3 Å². The summed E-state index contributed by atoms with van der Waals surface area (Å²) in [4.78, 5) is 20.4. The maximum Gasteiger partial charge on any atom is 0.270 e. The number of hydrogen-bond acceptors (Lipinski definition) is 5. The van der Waals surface area contributed by atoms with Gasteiger partial charge in [-0.25, -0.2) is 9.97 Å². The molecule has 6 nitrogen and oxygen atoms in total. The average Bonchev–Trinajstić information content (AvgIpc) is 2.60. The van der Waals surface area contributed by atoms with Crippen molar-refractivity contribution >= 4 is 11.7 Å². The Hall–Kier alpha value is -2.63. The van der Waals surface area contributed by atoms with Crippen LogP contribution in [0.2, 0.25) is 0 Å². The average molecular weight is 314 g/mol. The number of benzene rings is 1. The molecular formula is C17H22N4O2. The Morgan fingerprint density at radius 2 is 2.00 bits per heavy atom. The minimum absolute atomic E-state index is 0.226. The molecule has 6 heteroatoms. The number of rotatable bonds is 7. The number of amides is 1. The second kappa shape index (κ2) is 8.12. The van der Waals surface area contributed by atoms with Crippen LogP contribution in [0.5, 0.6) is 5.75 Å². The van der Waals surface area contributed by atoms with Gasteiger partial charge in [-0.3, -0.25) is 4.79 Å². The molecule has 122 valence electrons. The second-order valence-corrected chi connectivity index (χ2v) is 5.27. The summed E-state index contributed by atoms with van der Waals surface area (Å²) in [6.07, 6.45) is 2.37. The summed E-state index contributed by atoms with van der Waals surface area (Å²) in [6, 6.07) is 9.50. The molecule has 2 aromatic rings. The monoisotopic (exact) mass is 314 g/mol. The lowest BCUT2D eigenvalue weighted by Crippen LogP contribution is -2.24. The molecule has 1 amide bonds. The molecule has 1 unspecified atom stereocenters. The number of methoxy groups -OCH3 is 1. The first kappa shape index (κ1) is 16.7. The second-order valence-electron chi connectivity index (χ2n) is 5.27. The molecule has 1 aromatic carbocycles. The van der Waals surface area contributed by atoms with Crippen LogP contribution in [0.3, 0.4) is 0 Å². The lowest BCUT2D eigenvalue weighted by atomic mass is 10.2. The summed E-state index contributed by atoms with van der Waals surface area (Å²) in [6.45, 7) is 4.58. The van der Waals surface area contributed by atoms with Gasteiger partial charge in [0.05, 0.1) is 7.11 Å². The third-order valence-corrected chi connectivity index (χ3v) is 3.52. The molecule has 0 saturated carbocycles. The molecule has 1 atom stereocenters. The van der Waals surface area contributed by atoms with Crippen molar-refractivity contribution in [2.24, 2.45) is 0 Å². The molecule has 0 aliphatic heterocycles. The first-order valence-corrected chi connectivity index (χ1v) is 7.62. The SMILES string of the molecule is CCC(C)Nc1cc(C(=O)NCc2ccc(OC)cc2)ncn1. The largest absolute Gasteiger partial charge is 0.497 e. The van der Waals surface area contributed by atoms with E-state index in [1.807, 2.05) is 24.3 Å². The van der Waals surface area contributed by atoms with E-state index in [9.17, 15) is 4.79 Å². The highest BCUT2D eigenvalue weighted by Crippen LogP contribution is 2.11. The molecule has 2 N–H and O–H groups in total. The van der Waals surface area contributed by atoms with Crippen LogP contribution in [-0.2, 0) is 6.54 Å². The standard InChI is InChI=1S/C17H22N4O2/c1-4-12(2)21-16-9-15(19-11-20-16)17(22)18-10-13-5-7-14(23-3)8-6-13/h5-9,11-12H,4,10H2,1-3H3,(H,18,22)(H,19,20,21). The first-order valence-electron chi connectivity index (χ1n) is 7.62. The van der Waals surface area contributed by atoms with Crippen molar-refractivity contribution < 1.29 is 9.53 Å². The van der Waals surface area contributed by atoms with E-state index in [0.29, 0.717) is 24.1 Å². The summed E-state index contributed by atoms with van der Waals surface area (Å²) < 4.78 is 5.11. The molecule has 0 bridgehead atoms. The molecule has 1 heterocycles. The fourth-order valence-corrected chi connectivity index (χ4v) is 1.93. The molecule has 0 saturated heterocycles. The molecule has 0 aliphatic rings. The Kier molecular flexibility index (Phi) is 5.91. The van der Waals surface area contributed by atoms with Gasteiger partial charge in [-0.15, -0.1) is 0 Å². The molecule has 23 heavy (non-hydrogen) atoms. The van der Waals surface area contributed by atoms with Crippen molar-refractivity contribution in [2.45, 2.75) is 32.9 Å². The minimum Gasteiger partial charge on any atom is -0.497 e. The summed E-state index contributed by atoms with van der Waals surface area (Å²) in [5.74, 6) is 1.22. The molecule has 0 spiro atoms. The lowest BCUT2D eigenvalue weighted by molar-refractivity contribution is 0.0946. The van der Waals surface area contributed by atoms with E-state index in [2.05, 4.69) is 34.4 Å². The summed E-state index contributed by atoms with van der Waals surface area (Å²) in [5, 5.41) is 6.08. The molecular weight excluding hydrogens is 292 g/mol. The van der Waals surface area contributed by atoms with Gasteiger partial charge in [-0.05, 0) is 31.0 Å². The van der Waals surface area contributed by atoms with E-state index < -0.39 is 0 Å². The molecule has 0 fully saturated rings. The number of anilines is 1. The Labute approximate surface area is 136 Å². The van der Waals surface area contributed by atoms with E-state index in [1.54, 1.807) is 13.2 Å². The number of ether oxygens (including phenoxy) is 1. The fourth-order valence-electron chi connectivity index (χ4n) is 1.93. The van der Waals surface area contributed by atoms with Gasteiger partial charge >= 0.3 is 0 Å². The van der Waals surface area contributed by atoms with Gasteiger partial charge in [0.25, 0.3) is 5.91 Å². The van der Waals surface area contributed by atoms with Crippen LogP contribution in [-0.4, -0.2) is 29.0 Å². The van der Waals surface area contributed by atoms with E-state index in [-0.39, 0.29) is 5.91 Å². The lowest BCUT2D eigenvalue weighted by Gasteiger charge is -2.12. The van der Waals surface area contributed by atoms with Gasteiger partial charge in [0.15, 0.2) is 0 Å². The van der Waals surface area contributed by atoms with E-state index in [0.717, 1.165) is 17.7 Å². The highest BCUT2D eigenvalue weighted by Gasteiger charge is 2.09. The van der Waals surface area contributed by atoms with Gasteiger partial charge in [-0.1, -0.05) is 19.1 Å². The van der Waals surface area contributed by atoms with Crippen LogP contribution in [0.15, 0.2) is 36.7 Å². The maximum absolute atomic E-state index is 12.2. The van der Waals surface area contributed by atoms with Gasteiger partial charge < -0.3 is 15.4 Å². The maximum atomic E-state index is 12.2. The van der Waals surface area contributed by atoms with Crippen LogP contribution < -0.4 is 15.4 Å². The van der Waals surface area contributed by atoms with Gasteiger partial charge in [0.2, 0.25) is 0 Å². The minimum atomic E-state index is -0.226. The van der Waals surface area contributed by atoms with Crippen molar-refractivity contribution in [3.8, 4) is 5.75 Å². The Bertz CT molecular complexity index is 643. The molecule has 1 aromatic heterocycles. The number of aromatic nitrogens is 2. The normalized spacial score (nSPS) is 11.6. The quantitative estimate of drug-likeness (QED) is 0.821. The number of nitrogens with one attached hydrogen (secondary N) is 2. The Morgan fingerprint density at radius 1 is 1.26 bits per heavy atom. The third kappa shape index (κ3) is 4.95. The van der Waals surface area contributed by atoms with Crippen LogP contribution in [0.25, 0.3) is 0 Å². The number of carbonyl (C=O) groups is 1. The van der Waals surface area contributed by atoms with Crippen molar-refractivity contribution in [1.29, 1.82) is 0 Å². The van der Waals surface area contributed by atoms with Crippen LogP contribution >= 0.6 is 0 Å². The fraction of sp³-hybridized carbons (Fsp3) is 0.353.